The van der Waals surface area contributed by atoms with Gasteiger partial charge in [0.15, 0.2) is 18.0 Å². The van der Waals surface area contributed by atoms with Crippen molar-refractivity contribution in [1.29, 1.82) is 0 Å². The fourth-order valence-corrected chi connectivity index (χ4v) is 4.38. The van der Waals surface area contributed by atoms with Gasteiger partial charge in [-0.1, -0.05) is 40.2 Å². The Bertz CT molecular complexity index is 834. The molecule has 0 aromatic heterocycles. The summed E-state index contributed by atoms with van der Waals surface area (Å²) in [6.07, 6.45) is 4.51. The summed E-state index contributed by atoms with van der Waals surface area (Å²) in [5, 5.41) is 11.9. The number of benzene rings is 2. The molecule has 0 aliphatic carbocycles. The van der Waals surface area contributed by atoms with Crippen molar-refractivity contribution in [2.24, 2.45) is 0 Å². The standard InChI is InChI=1S/C21H24BrN2O2/c1-26-19-8-5-4-7-18(19)24-20-9-3-2-6-14-23(20)15-21(24,25)16-10-12-17(22)13-11-16/h4-5,7-8,10-13,25H,2-3,6,9,14-15H2,1H3/q+1/t21-/m1/s1. The van der Waals surface area contributed by atoms with Gasteiger partial charge < -0.3 is 9.84 Å². The fraction of sp³-hybridized carbons (Fsp3) is 0.381. The van der Waals surface area contributed by atoms with Crippen LogP contribution in [0.5, 0.6) is 5.75 Å². The van der Waals surface area contributed by atoms with Crippen molar-refractivity contribution in [2.75, 3.05) is 25.1 Å². The van der Waals surface area contributed by atoms with Gasteiger partial charge in [-0.2, -0.15) is 4.90 Å². The Morgan fingerprint density at radius 1 is 1.08 bits per heavy atom. The summed E-state index contributed by atoms with van der Waals surface area (Å²) in [6.45, 7) is 1.56. The fourth-order valence-electron chi connectivity index (χ4n) is 4.11. The Balaban J connectivity index is 1.87. The highest BCUT2D eigenvalue weighted by atomic mass is 79.9. The molecule has 2 heterocycles. The van der Waals surface area contributed by atoms with Crippen LogP contribution < -0.4 is 9.64 Å². The molecule has 0 saturated heterocycles. The summed E-state index contributed by atoms with van der Waals surface area (Å²) in [7, 11) is 1.68. The molecule has 4 rings (SSSR count). The summed E-state index contributed by atoms with van der Waals surface area (Å²) < 4.78 is 8.98. The highest BCUT2D eigenvalue weighted by molar-refractivity contribution is 9.10. The molecule has 1 atom stereocenters. The zero-order chi connectivity index (χ0) is 18.1. The highest BCUT2D eigenvalue weighted by Crippen LogP contribution is 2.41. The Morgan fingerprint density at radius 2 is 1.85 bits per heavy atom. The predicted octanol–water partition coefficient (Wildman–Crippen LogP) is 4.11. The number of aliphatic hydroxyl groups is 1. The van der Waals surface area contributed by atoms with E-state index in [2.05, 4.69) is 25.4 Å². The van der Waals surface area contributed by atoms with E-state index in [1.165, 1.54) is 18.7 Å². The minimum atomic E-state index is -1.11. The number of hydrogen-bond donors (Lipinski definition) is 1. The van der Waals surface area contributed by atoms with Crippen LogP contribution in [-0.2, 0) is 5.72 Å². The first kappa shape index (κ1) is 17.6. The molecular weight excluding hydrogens is 392 g/mol. The van der Waals surface area contributed by atoms with Crippen molar-refractivity contribution in [3.8, 4) is 5.75 Å². The number of amidine groups is 1. The molecule has 0 spiro atoms. The maximum atomic E-state index is 11.9. The van der Waals surface area contributed by atoms with E-state index in [9.17, 15) is 5.11 Å². The van der Waals surface area contributed by atoms with E-state index >= 15 is 0 Å². The maximum absolute atomic E-state index is 11.9. The van der Waals surface area contributed by atoms with Crippen LogP contribution in [-0.4, -0.2) is 35.7 Å². The molecule has 0 unspecified atom stereocenters. The van der Waals surface area contributed by atoms with Crippen LogP contribution in [0.1, 0.15) is 31.2 Å². The minimum Gasteiger partial charge on any atom is -0.492 e. The van der Waals surface area contributed by atoms with Gasteiger partial charge in [0, 0.05) is 16.5 Å². The largest absolute Gasteiger partial charge is 0.492 e. The van der Waals surface area contributed by atoms with Gasteiger partial charge in [0.1, 0.15) is 0 Å². The van der Waals surface area contributed by atoms with E-state index in [-0.39, 0.29) is 0 Å². The average Bonchev–Trinajstić information content (AvgIpc) is 2.79. The highest BCUT2D eigenvalue weighted by Gasteiger charge is 2.54. The first-order valence-electron chi connectivity index (χ1n) is 9.16. The van der Waals surface area contributed by atoms with Crippen LogP contribution >= 0.6 is 15.9 Å². The normalized spacial score (nSPS) is 23.0. The molecule has 5 heteroatoms. The van der Waals surface area contributed by atoms with Crippen molar-refractivity contribution in [2.45, 2.75) is 31.4 Å². The van der Waals surface area contributed by atoms with Crippen molar-refractivity contribution < 1.29 is 14.4 Å². The van der Waals surface area contributed by atoms with Crippen LogP contribution in [0, 0.1) is 0 Å². The molecule has 0 bridgehead atoms. The summed E-state index contributed by atoms with van der Waals surface area (Å²) in [5.41, 5.74) is 0.703. The first-order valence-corrected chi connectivity index (χ1v) is 9.95. The molecule has 2 aliphatic rings. The molecule has 2 aromatic carbocycles. The second-order valence-electron chi connectivity index (χ2n) is 6.98. The lowest BCUT2D eigenvalue weighted by Crippen LogP contribution is -2.47. The molecule has 0 fully saturated rings. The molecular formula is C21H24BrN2O2+. The second-order valence-corrected chi connectivity index (χ2v) is 7.89. The topological polar surface area (TPSA) is 35.7 Å². The van der Waals surface area contributed by atoms with Crippen LogP contribution in [0.3, 0.4) is 0 Å². The second kappa shape index (κ2) is 7.05. The zero-order valence-electron chi connectivity index (χ0n) is 15.0. The number of rotatable bonds is 3. The summed E-state index contributed by atoms with van der Waals surface area (Å²) in [4.78, 5) is 2.10. The van der Waals surface area contributed by atoms with E-state index in [0.717, 1.165) is 40.9 Å². The maximum Gasteiger partial charge on any atom is 0.275 e. The van der Waals surface area contributed by atoms with E-state index in [0.29, 0.717) is 6.54 Å². The van der Waals surface area contributed by atoms with Crippen LogP contribution in [0.25, 0.3) is 0 Å². The van der Waals surface area contributed by atoms with Crippen molar-refractivity contribution in [3.63, 3.8) is 0 Å². The number of ether oxygens (including phenoxy) is 1. The van der Waals surface area contributed by atoms with Crippen LogP contribution in [0.15, 0.2) is 53.0 Å². The Morgan fingerprint density at radius 3 is 2.62 bits per heavy atom. The van der Waals surface area contributed by atoms with E-state index in [1.54, 1.807) is 7.11 Å². The van der Waals surface area contributed by atoms with Crippen LogP contribution in [0.2, 0.25) is 0 Å². The Kier molecular flexibility index (Phi) is 4.76. The monoisotopic (exact) mass is 415 g/mol. The summed E-state index contributed by atoms with van der Waals surface area (Å²) in [6, 6.07) is 15.9. The van der Waals surface area contributed by atoms with E-state index in [4.69, 9.17) is 4.74 Å². The smallest absolute Gasteiger partial charge is 0.275 e. The van der Waals surface area contributed by atoms with Crippen molar-refractivity contribution >= 4 is 27.5 Å². The SMILES string of the molecule is COc1ccccc1N1C2=[N+](CCCCC2)C[C@@]1(O)c1ccc(Br)cc1. The molecule has 0 saturated carbocycles. The van der Waals surface area contributed by atoms with Gasteiger partial charge in [-0.15, -0.1) is 0 Å². The molecule has 2 aliphatic heterocycles. The third-order valence-corrected chi connectivity index (χ3v) is 5.89. The van der Waals surface area contributed by atoms with Gasteiger partial charge in [0.05, 0.1) is 13.7 Å². The zero-order valence-corrected chi connectivity index (χ0v) is 16.6. The summed E-state index contributed by atoms with van der Waals surface area (Å²) >= 11 is 3.50. The van der Waals surface area contributed by atoms with Gasteiger partial charge in [-0.3, -0.25) is 4.58 Å². The number of nitrogens with zero attached hydrogens (tertiary/aromatic N) is 2. The van der Waals surface area contributed by atoms with Crippen molar-refractivity contribution in [3.05, 3.63) is 58.6 Å². The number of methoxy groups -OCH3 is 1. The van der Waals surface area contributed by atoms with Gasteiger partial charge in [-0.05, 0) is 43.5 Å². The lowest BCUT2D eigenvalue weighted by molar-refractivity contribution is -0.534. The number of halogens is 1. The number of hydrogen-bond acceptors (Lipinski definition) is 3. The quantitative estimate of drug-likeness (QED) is 0.766. The van der Waals surface area contributed by atoms with Gasteiger partial charge >= 0.3 is 0 Å². The van der Waals surface area contributed by atoms with Gasteiger partial charge in [0.2, 0.25) is 0 Å². The average molecular weight is 416 g/mol. The number of anilines is 1. The van der Waals surface area contributed by atoms with E-state index in [1.807, 2.05) is 48.5 Å². The molecule has 2 aromatic rings. The molecule has 4 nitrogen and oxygen atoms in total. The van der Waals surface area contributed by atoms with Gasteiger partial charge in [-0.25, -0.2) is 0 Å². The first-order chi connectivity index (χ1) is 12.6. The molecule has 0 radical (unpaired) electrons. The van der Waals surface area contributed by atoms with Crippen LogP contribution in [0.4, 0.5) is 5.69 Å². The Hall–Kier alpha value is -1.85. The third kappa shape index (κ3) is 2.93. The molecule has 0 amide bonds. The van der Waals surface area contributed by atoms with E-state index < -0.39 is 5.72 Å². The lowest BCUT2D eigenvalue weighted by Gasteiger charge is -2.29. The minimum absolute atomic E-state index is 0.571. The molecule has 26 heavy (non-hydrogen) atoms. The molecule has 136 valence electrons. The lowest BCUT2D eigenvalue weighted by atomic mass is 10.00. The third-order valence-electron chi connectivity index (χ3n) is 5.37. The van der Waals surface area contributed by atoms with Crippen molar-refractivity contribution in [1.82, 2.24) is 0 Å². The molecule has 1 N–H and O–H groups in total. The van der Waals surface area contributed by atoms with Gasteiger partial charge in [0.25, 0.3) is 11.6 Å². The predicted molar refractivity (Wildman–Crippen MR) is 107 cm³/mol. The number of para-hydroxylation sites is 2. The Labute approximate surface area is 162 Å². The summed E-state index contributed by atoms with van der Waals surface area (Å²) in [5.74, 6) is 1.97.